The van der Waals surface area contributed by atoms with Crippen molar-refractivity contribution in [3.63, 3.8) is 0 Å². The van der Waals surface area contributed by atoms with Crippen LogP contribution in [-0.4, -0.2) is 6.61 Å². The molecule has 21 heavy (non-hydrogen) atoms. The van der Waals surface area contributed by atoms with Gasteiger partial charge in [-0.15, -0.1) is 0 Å². The summed E-state index contributed by atoms with van der Waals surface area (Å²) in [5.74, 6) is 0.882. The Morgan fingerprint density at radius 1 is 1.14 bits per heavy atom. The van der Waals surface area contributed by atoms with E-state index in [-0.39, 0.29) is 4.83 Å². The molecule has 0 heterocycles. The zero-order valence-corrected chi connectivity index (χ0v) is 15.9. The molecule has 1 nitrogen and oxygen atoms in total. The minimum atomic E-state index is 0.130. The summed E-state index contributed by atoms with van der Waals surface area (Å²) in [5, 5.41) is 0.794. The minimum absolute atomic E-state index is 0.130. The predicted octanol–water partition coefficient (Wildman–Crippen LogP) is 6.68. The summed E-state index contributed by atoms with van der Waals surface area (Å²) in [7, 11) is 0. The number of hydrogen-bond donors (Lipinski definition) is 0. The minimum Gasteiger partial charge on any atom is -0.492 e. The van der Waals surface area contributed by atoms with Crippen molar-refractivity contribution < 1.29 is 4.74 Å². The first-order chi connectivity index (χ1) is 10.0. The molecule has 0 saturated carbocycles. The Morgan fingerprint density at radius 3 is 2.43 bits per heavy atom. The normalized spacial score (nSPS) is 12.2. The third kappa shape index (κ3) is 4.24. The molecule has 0 radical (unpaired) electrons. The molecule has 0 N–H and O–H groups in total. The van der Waals surface area contributed by atoms with E-state index in [1.165, 1.54) is 11.1 Å². The van der Waals surface area contributed by atoms with Crippen molar-refractivity contribution in [2.75, 3.05) is 6.61 Å². The standard InChI is InChI=1S/C17H17Br2ClO/c1-3-8-21-16-7-5-13(10-14(16)18)17(19)12-4-6-15(20)11(2)9-12/h4-7,9-10,17H,3,8H2,1-2H3. The van der Waals surface area contributed by atoms with Crippen molar-refractivity contribution in [2.45, 2.75) is 25.1 Å². The van der Waals surface area contributed by atoms with Gasteiger partial charge in [-0.3, -0.25) is 0 Å². The van der Waals surface area contributed by atoms with Crippen molar-refractivity contribution in [2.24, 2.45) is 0 Å². The fraction of sp³-hybridized carbons (Fsp3) is 0.294. The summed E-state index contributed by atoms with van der Waals surface area (Å²) in [4.78, 5) is 0.130. The lowest BCUT2D eigenvalue weighted by atomic mass is 10.0. The fourth-order valence-corrected chi connectivity index (χ4v) is 3.22. The van der Waals surface area contributed by atoms with Crippen LogP contribution in [0.2, 0.25) is 5.02 Å². The van der Waals surface area contributed by atoms with Gasteiger partial charge in [0.05, 0.1) is 15.9 Å². The quantitative estimate of drug-likeness (QED) is 0.479. The highest BCUT2D eigenvalue weighted by Gasteiger charge is 2.13. The molecule has 0 fully saturated rings. The molecule has 2 rings (SSSR count). The first-order valence-corrected chi connectivity index (χ1v) is 8.94. The monoisotopic (exact) mass is 430 g/mol. The molecule has 0 amide bonds. The van der Waals surface area contributed by atoms with Crippen LogP contribution in [0.5, 0.6) is 5.75 Å². The Kier molecular flexibility index (Phi) is 6.15. The van der Waals surface area contributed by atoms with Gasteiger partial charge >= 0.3 is 0 Å². The second kappa shape index (κ2) is 7.66. The smallest absolute Gasteiger partial charge is 0.133 e. The van der Waals surface area contributed by atoms with Gasteiger partial charge in [-0.2, -0.15) is 0 Å². The van der Waals surface area contributed by atoms with E-state index in [1.54, 1.807) is 0 Å². The van der Waals surface area contributed by atoms with E-state index in [0.717, 1.165) is 33.8 Å². The summed E-state index contributed by atoms with van der Waals surface area (Å²) in [6, 6.07) is 12.3. The first kappa shape index (κ1) is 16.9. The van der Waals surface area contributed by atoms with Crippen LogP contribution in [-0.2, 0) is 0 Å². The third-order valence-corrected chi connectivity index (χ3v) is 5.29. The van der Waals surface area contributed by atoms with Crippen LogP contribution < -0.4 is 4.74 Å². The molecular formula is C17H17Br2ClO. The molecule has 4 heteroatoms. The average Bonchev–Trinajstić information content (AvgIpc) is 2.48. The van der Waals surface area contributed by atoms with Gasteiger partial charge in [0, 0.05) is 5.02 Å². The van der Waals surface area contributed by atoms with Gasteiger partial charge in [0.15, 0.2) is 0 Å². The van der Waals surface area contributed by atoms with Gasteiger partial charge in [0.2, 0.25) is 0 Å². The van der Waals surface area contributed by atoms with E-state index in [9.17, 15) is 0 Å². The van der Waals surface area contributed by atoms with E-state index in [4.69, 9.17) is 16.3 Å². The molecule has 112 valence electrons. The molecule has 0 aliphatic rings. The van der Waals surface area contributed by atoms with Crippen molar-refractivity contribution >= 4 is 43.5 Å². The lowest BCUT2D eigenvalue weighted by molar-refractivity contribution is 0.315. The predicted molar refractivity (Wildman–Crippen MR) is 96.9 cm³/mol. The Bertz CT molecular complexity index is 628. The molecule has 0 aliphatic carbocycles. The number of aryl methyl sites for hydroxylation is 1. The lowest BCUT2D eigenvalue weighted by Gasteiger charge is -2.14. The number of alkyl halides is 1. The number of halogens is 3. The van der Waals surface area contributed by atoms with E-state index < -0.39 is 0 Å². The van der Waals surface area contributed by atoms with E-state index in [1.807, 2.05) is 25.1 Å². The molecule has 1 unspecified atom stereocenters. The second-order valence-electron chi connectivity index (χ2n) is 4.91. The van der Waals surface area contributed by atoms with Gasteiger partial charge in [0.25, 0.3) is 0 Å². The molecule has 2 aromatic carbocycles. The Labute approximate surface area is 147 Å². The molecular weight excluding hydrogens is 415 g/mol. The molecule has 0 spiro atoms. The summed E-state index contributed by atoms with van der Waals surface area (Å²) in [6.45, 7) is 4.84. The van der Waals surface area contributed by atoms with Crippen LogP contribution >= 0.6 is 43.5 Å². The summed E-state index contributed by atoms with van der Waals surface area (Å²) < 4.78 is 6.66. The van der Waals surface area contributed by atoms with Crippen LogP contribution in [0.3, 0.4) is 0 Å². The summed E-state index contributed by atoms with van der Waals surface area (Å²) >= 11 is 13.4. The summed E-state index contributed by atoms with van der Waals surface area (Å²) in [5.41, 5.74) is 3.44. The van der Waals surface area contributed by atoms with Crippen molar-refractivity contribution in [3.8, 4) is 5.75 Å². The molecule has 0 aromatic heterocycles. The second-order valence-corrected chi connectivity index (χ2v) is 7.09. The van der Waals surface area contributed by atoms with Gasteiger partial charge in [-0.1, -0.05) is 52.7 Å². The van der Waals surface area contributed by atoms with Crippen LogP contribution in [0.1, 0.15) is 34.9 Å². The molecule has 1 atom stereocenters. The average molecular weight is 433 g/mol. The summed E-state index contributed by atoms with van der Waals surface area (Å²) in [6.07, 6.45) is 0.999. The highest BCUT2D eigenvalue weighted by atomic mass is 79.9. The molecule has 0 bridgehead atoms. The fourth-order valence-electron chi connectivity index (χ4n) is 2.02. The van der Waals surface area contributed by atoms with Gasteiger partial charge in [-0.05, 0) is 64.2 Å². The lowest BCUT2D eigenvalue weighted by Crippen LogP contribution is -1.98. The maximum atomic E-state index is 6.09. The van der Waals surface area contributed by atoms with E-state index in [2.05, 4.69) is 57.0 Å². The zero-order chi connectivity index (χ0) is 15.4. The molecule has 0 aliphatic heterocycles. The maximum Gasteiger partial charge on any atom is 0.133 e. The topological polar surface area (TPSA) is 9.23 Å². The van der Waals surface area contributed by atoms with Gasteiger partial charge in [0.1, 0.15) is 5.75 Å². The zero-order valence-electron chi connectivity index (χ0n) is 12.0. The highest BCUT2D eigenvalue weighted by Crippen LogP contribution is 2.36. The van der Waals surface area contributed by atoms with Crippen LogP contribution in [0.15, 0.2) is 40.9 Å². The van der Waals surface area contributed by atoms with Crippen LogP contribution in [0.4, 0.5) is 0 Å². The van der Waals surface area contributed by atoms with Gasteiger partial charge in [-0.25, -0.2) is 0 Å². The first-order valence-electron chi connectivity index (χ1n) is 6.85. The molecule has 2 aromatic rings. The highest BCUT2D eigenvalue weighted by molar-refractivity contribution is 9.10. The van der Waals surface area contributed by atoms with Crippen LogP contribution in [0, 0.1) is 6.92 Å². The maximum absolute atomic E-state index is 6.09. The van der Waals surface area contributed by atoms with Crippen molar-refractivity contribution in [1.29, 1.82) is 0 Å². The SMILES string of the molecule is CCCOc1ccc(C(Br)c2ccc(Cl)c(C)c2)cc1Br. The van der Waals surface area contributed by atoms with Crippen molar-refractivity contribution in [1.82, 2.24) is 0 Å². The van der Waals surface area contributed by atoms with Gasteiger partial charge < -0.3 is 4.74 Å². The Hall–Kier alpha value is -0.510. The molecule has 0 saturated heterocycles. The van der Waals surface area contributed by atoms with E-state index in [0.29, 0.717) is 0 Å². The Morgan fingerprint density at radius 2 is 1.81 bits per heavy atom. The number of ether oxygens (including phenoxy) is 1. The van der Waals surface area contributed by atoms with Crippen molar-refractivity contribution in [3.05, 3.63) is 62.6 Å². The number of benzene rings is 2. The number of hydrogen-bond acceptors (Lipinski definition) is 1. The Balaban J connectivity index is 2.24. The van der Waals surface area contributed by atoms with Crippen LogP contribution in [0.25, 0.3) is 0 Å². The third-order valence-electron chi connectivity index (χ3n) is 3.18. The van der Waals surface area contributed by atoms with E-state index >= 15 is 0 Å². The number of rotatable bonds is 5. The largest absolute Gasteiger partial charge is 0.492 e.